The molecule has 1 aliphatic heterocycles. The van der Waals surface area contributed by atoms with E-state index in [4.69, 9.17) is 4.74 Å². The number of pyridine rings is 1. The van der Waals surface area contributed by atoms with Crippen molar-refractivity contribution in [3.63, 3.8) is 0 Å². The Morgan fingerprint density at radius 1 is 1.10 bits per heavy atom. The van der Waals surface area contributed by atoms with Gasteiger partial charge in [-0.05, 0) is 38.2 Å². The average molecular weight is 397 g/mol. The van der Waals surface area contributed by atoms with E-state index in [1.807, 2.05) is 19.1 Å². The van der Waals surface area contributed by atoms with Gasteiger partial charge in [0, 0.05) is 26.2 Å². The van der Waals surface area contributed by atoms with Crippen LogP contribution < -0.4 is 20.3 Å². The first kappa shape index (κ1) is 20.6. The smallest absolute Gasteiger partial charge is 0.255 e. The van der Waals surface area contributed by atoms with E-state index >= 15 is 0 Å². The Morgan fingerprint density at radius 2 is 1.86 bits per heavy atom. The first-order valence-corrected chi connectivity index (χ1v) is 9.76. The molecule has 0 radical (unpaired) electrons. The average Bonchev–Trinajstić information content (AvgIpc) is 2.74. The van der Waals surface area contributed by atoms with Crippen LogP contribution in [0.25, 0.3) is 0 Å². The zero-order chi connectivity index (χ0) is 20.6. The molecular formula is C21H27N5O3. The minimum absolute atomic E-state index is 0.139. The number of para-hydroxylation sites is 1. The minimum Gasteiger partial charge on any atom is -0.493 e. The number of rotatable bonds is 7. The number of piperazine rings is 1. The van der Waals surface area contributed by atoms with E-state index in [0.717, 1.165) is 32.0 Å². The third-order valence-electron chi connectivity index (χ3n) is 4.70. The molecular weight excluding hydrogens is 370 g/mol. The number of aromatic nitrogens is 1. The lowest BCUT2D eigenvalue weighted by Crippen LogP contribution is -2.44. The van der Waals surface area contributed by atoms with Gasteiger partial charge in [0.25, 0.3) is 5.91 Å². The van der Waals surface area contributed by atoms with Crippen molar-refractivity contribution in [2.24, 2.45) is 0 Å². The lowest BCUT2D eigenvalue weighted by atomic mass is 10.2. The molecule has 0 aliphatic carbocycles. The quantitative estimate of drug-likeness (QED) is 0.738. The van der Waals surface area contributed by atoms with E-state index in [1.54, 1.807) is 30.5 Å². The fourth-order valence-corrected chi connectivity index (χ4v) is 3.08. The molecule has 0 unspecified atom stereocenters. The number of nitrogens with one attached hydrogen (secondary N) is 2. The molecule has 0 atom stereocenters. The largest absolute Gasteiger partial charge is 0.493 e. The van der Waals surface area contributed by atoms with Crippen LogP contribution in [-0.2, 0) is 4.79 Å². The number of hydrogen-bond donors (Lipinski definition) is 2. The number of amides is 2. The number of nitrogens with zero attached hydrogens (tertiary/aromatic N) is 3. The Kier molecular flexibility index (Phi) is 7.02. The molecule has 0 saturated carbocycles. The minimum atomic E-state index is -0.354. The third-order valence-corrected chi connectivity index (χ3v) is 4.70. The van der Waals surface area contributed by atoms with Gasteiger partial charge >= 0.3 is 0 Å². The molecule has 1 aliphatic rings. The summed E-state index contributed by atoms with van der Waals surface area (Å²) in [6, 6.07) is 10.7. The maximum absolute atomic E-state index is 12.3. The summed E-state index contributed by atoms with van der Waals surface area (Å²) >= 11 is 0. The van der Waals surface area contributed by atoms with Crippen molar-refractivity contribution in [1.82, 2.24) is 15.2 Å². The number of carbonyl (C=O) groups excluding carboxylic acids is 2. The maximum Gasteiger partial charge on any atom is 0.255 e. The van der Waals surface area contributed by atoms with Gasteiger partial charge in [0.1, 0.15) is 11.6 Å². The Labute approximate surface area is 170 Å². The second-order valence-corrected chi connectivity index (χ2v) is 6.86. The zero-order valence-corrected chi connectivity index (χ0v) is 16.9. The van der Waals surface area contributed by atoms with E-state index in [0.29, 0.717) is 23.6 Å². The summed E-state index contributed by atoms with van der Waals surface area (Å²) < 4.78 is 5.45. The summed E-state index contributed by atoms with van der Waals surface area (Å²) in [5.41, 5.74) is 0.997. The second kappa shape index (κ2) is 9.88. The third kappa shape index (κ3) is 5.68. The molecule has 2 N–H and O–H groups in total. The summed E-state index contributed by atoms with van der Waals surface area (Å²) in [6.07, 6.45) is 1.64. The first-order valence-electron chi connectivity index (χ1n) is 9.76. The van der Waals surface area contributed by atoms with Crippen LogP contribution >= 0.6 is 0 Å². The summed E-state index contributed by atoms with van der Waals surface area (Å²) in [4.78, 5) is 33.5. The van der Waals surface area contributed by atoms with Gasteiger partial charge in [-0.15, -0.1) is 0 Å². The van der Waals surface area contributed by atoms with E-state index in [9.17, 15) is 9.59 Å². The van der Waals surface area contributed by atoms with Gasteiger partial charge < -0.3 is 25.2 Å². The van der Waals surface area contributed by atoms with Crippen LogP contribution in [0.15, 0.2) is 42.6 Å². The molecule has 3 rings (SSSR count). The van der Waals surface area contributed by atoms with Gasteiger partial charge in [0.2, 0.25) is 5.91 Å². The predicted octanol–water partition coefficient (Wildman–Crippen LogP) is 1.60. The van der Waals surface area contributed by atoms with Crippen molar-refractivity contribution < 1.29 is 14.3 Å². The van der Waals surface area contributed by atoms with Crippen molar-refractivity contribution in [2.45, 2.75) is 6.92 Å². The van der Waals surface area contributed by atoms with Crippen LogP contribution in [0.5, 0.6) is 5.75 Å². The van der Waals surface area contributed by atoms with E-state index in [2.05, 4.69) is 32.5 Å². The van der Waals surface area contributed by atoms with E-state index < -0.39 is 0 Å². The van der Waals surface area contributed by atoms with Crippen molar-refractivity contribution >= 4 is 23.3 Å². The molecule has 8 nitrogen and oxygen atoms in total. The number of anilines is 2. The molecule has 2 aromatic rings. The van der Waals surface area contributed by atoms with Crippen molar-refractivity contribution in [3.05, 3.63) is 48.2 Å². The molecule has 0 spiro atoms. The number of hydrogen-bond acceptors (Lipinski definition) is 6. The lowest BCUT2D eigenvalue weighted by molar-refractivity contribution is -0.115. The molecule has 2 heterocycles. The number of likely N-dealkylation sites (N-methyl/N-ethyl adjacent to an activating group) is 1. The van der Waals surface area contributed by atoms with Gasteiger partial charge in [-0.3, -0.25) is 9.59 Å². The first-order chi connectivity index (χ1) is 14.1. The second-order valence-electron chi connectivity index (χ2n) is 6.86. The zero-order valence-electron chi connectivity index (χ0n) is 16.9. The summed E-state index contributed by atoms with van der Waals surface area (Å²) in [5, 5.41) is 5.37. The van der Waals surface area contributed by atoms with Crippen molar-refractivity contribution in [1.29, 1.82) is 0 Å². The van der Waals surface area contributed by atoms with Gasteiger partial charge in [-0.2, -0.15) is 0 Å². The molecule has 0 bridgehead atoms. The van der Waals surface area contributed by atoms with Gasteiger partial charge in [-0.1, -0.05) is 12.1 Å². The van der Waals surface area contributed by atoms with Crippen LogP contribution in [0.1, 0.15) is 17.3 Å². The Morgan fingerprint density at radius 3 is 2.55 bits per heavy atom. The molecule has 1 fully saturated rings. The highest BCUT2D eigenvalue weighted by Crippen LogP contribution is 2.18. The summed E-state index contributed by atoms with van der Waals surface area (Å²) in [5.74, 6) is 0.725. The van der Waals surface area contributed by atoms with E-state index in [-0.39, 0.29) is 18.4 Å². The number of carbonyl (C=O) groups is 2. The highest BCUT2D eigenvalue weighted by Gasteiger charge is 2.16. The molecule has 1 saturated heterocycles. The molecule has 8 heteroatoms. The SMILES string of the molecule is CCOc1ccccc1C(=O)NCC(=O)Nc1ccc(N2CCN(C)CC2)nc1. The summed E-state index contributed by atoms with van der Waals surface area (Å²) in [7, 11) is 2.11. The molecule has 29 heavy (non-hydrogen) atoms. The number of ether oxygens (including phenoxy) is 1. The monoisotopic (exact) mass is 397 g/mol. The Balaban J connectivity index is 1.50. The molecule has 1 aromatic carbocycles. The standard InChI is InChI=1S/C21H27N5O3/c1-3-29-18-7-5-4-6-17(18)21(28)23-15-20(27)24-16-8-9-19(22-14-16)26-12-10-25(2)11-13-26/h4-9,14H,3,10-13,15H2,1-2H3,(H,23,28)(H,24,27). The Hall–Kier alpha value is -3.13. The topological polar surface area (TPSA) is 86.8 Å². The van der Waals surface area contributed by atoms with Crippen molar-refractivity contribution in [2.75, 3.05) is 56.6 Å². The molecule has 2 amide bonds. The van der Waals surface area contributed by atoms with Crippen LogP contribution in [0, 0.1) is 0 Å². The van der Waals surface area contributed by atoms with Gasteiger partial charge in [-0.25, -0.2) is 4.98 Å². The normalized spacial score (nSPS) is 14.3. The predicted molar refractivity (Wildman–Crippen MR) is 113 cm³/mol. The van der Waals surface area contributed by atoms with Crippen LogP contribution in [0.4, 0.5) is 11.5 Å². The summed E-state index contributed by atoms with van der Waals surface area (Å²) in [6.45, 7) is 6.06. The van der Waals surface area contributed by atoms with Gasteiger partial charge in [0.05, 0.1) is 30.6 Å². The van der Waals surface area contributed by atoms with Crippen LogP contribution in [-0.4, -0.2) is 68.1 Å². The Bertz CT molecular complexity index is 832. The van der Waals surface area contributed by atoms with E-state index in [1.165, 1.54) is 0 Å². The van der Waals surface area contributed by atoms with Gasteiger partial charge in [0.15, 0.2) is 0 Å². The highest BCUT2D eigenvalue weighted by atomic mass is 16.5. The highest BCUT2D eigenvalue weighted by molar-refractivity contribution is 6.00. The fourth-order valence-electron chi connectivity index (χ4n) is 3.08. The molecule has 1 aromatic heterocycles. The lowest BCUT2D eigenvalue weighted by Gasteiger charge is -2.33. The number of benzene rings is 1. The fraction of sp³-hybridized carbons (Fsp3) is 0.381. The van der Waals surface area contributed by atoms with Crippen molar-refractivity contribution in [3.8, 4) is 5.75 Å². The van der Waals surface area contributed by atoms with Crippen LogP contribution in [0.3, 0.4) is 0 Å². The maximum atomic E-state index is 12.3. The van der Waals surface area contributed by atoms with Crippen LogP contribution in [0.2, 0.25) is 0 Å². The molecule has 154 valence electrons.